The normalized spacial score (nSPS) is 10.4. The predicted octanol–water partition coefficient (Wildman–Crippen LogP) is 4.96. The molecule has 0 bridgehead atoms. The number of halogens is 2. The van der Waals surface area contributed by atoms with Gasteiger partial charge in [0.2, 0.25) is 0 Å². The van der Waals surface area contributed by atoms with E-state index in [4.69, 9.17) is 35.4 Å². The van der Waals surface area contributed by atoms with Gasteiger partial charge in [-0.15, -0.1) is 0 Å². The molecular weight excluding hydrogens is 409 g/mol. The topological polar surface area (TPSA) is 85.0 Å². The molecule has 0 saturated carbocycles. The zero-order valence-corrected chi connectivity index (χ0v) is 16.1. The molecular formula is C17H13Cl2N5O2S. The van der Waals surface area contributed by atoms with Crippen LogP contribution in [0.3, 0.4) is 0 Å². The van der Waals surface area contributed by atoms with Crippen molar-refractivity contribution < 1.29 is 4.92 Å². The van der Waals surface area contributed by atoms with Crippen molar-refractivity contribution in [3.63, 3.8) is 0 Å². The highest BCUT2D eigenvalue weighted by molar-refractivity contribution is 7.80. The Kier molecular flexibility index (Phi) is 5.90. The molecule has 0 amide bonds. The molecule has 0 spiro atoms. The van der Waals surface area contributed by atoms with Crippen LogP contribution in [-0.2, 0) is 6.54 Å². The van der Waals surface area contributed by atoms with Crippen LogP contribution in [0.5, 0.6) is 0 Å². The summed E-state index contributed by atoms with van der Waals surface area (Å²) in [6, 6.07) is 11.4. The lowest BCUT2D eigenvalue weighted by Crippen LogP contribution is -2.18. The Morgan fingerprint density at radius 2 is 1.81 bits per heavy atom. The number of nitro groups is 1. The summed E-state index contributed by atoms with van der Waals surface area (Å²) in [6.45, 7) is 0.408. The van der Waals surface area contributed by atoms with Crippen molar-refractivity contribution in [2.45, 2.75) is 6.54 Å². The Morgan fingerprint density at radius 3 is 2.52 bits per heavy atom. The fourth-order valence-corrected chi connectivity index (χ4v) is 3.10. The third-order valence-electron chi connectivity index (χ3n) is 3.59. The van der Waals surface area contributed by atoms with Gasteiger partial charge in [0.25, 0.3) is 5.69 Å². The van der Waals surface area contributed by atoms with E-state index >= 15 is 0 Å². The highest BCUT2D eigenvalue weighted by Gasteiger charge is 2.09. The van der Waals surface area contributed by atoms with Crippen molar-refractivity contribution >= 4 is 57.6 Å². The van der Waals surface area contributed by atoms with E-state index in [0.29, 0.717) is 28.0 Å². The first-order valence-electron chi connectivity index (χ1n) is 7.70. The molecule has 0 saturated heterocycles. The van der Waals surface area contributed by atoms with Gasteiger partial charge >= 0.3 is 0 Å². The summed E-state index contributed by atoms with van der Waals surface area (Å²) in [7, 11) is 0. The number of hydrogen-bond acceptors (Lipinski definition) is 4. The van der Waals surface area contributed by atoms with E-state index in [1.54, 1.807) is 47.4 Å². The van der Waals surface area contributed by atoms with E-state index in [1.807, 2.05) is 0 Å². The van der Waals surface area contributed by atoms with Crippen LogP contribution in [0.2, 0.25) is 10.0 Å². The van der Waals surface area contributed by atoms with E-state index < -0.39 is 4.92 Å². The van der Waals surface area contributed by atoms with Gasteiger partial charge < -0.3 is 10.6 Å². The zero-order valence-electron chi connectivity index (χ0n) is 13.7. The van der Waals surface area contributed by atoms with Gasteiger partial charge in [0.1, 0.15) is 0 Å². The van der Waals surface area contributed by atoms with E-state index in [9.17, 15) is 10.1 Å². The van der Waals surface area contributed by atoms with Gasteiger partial charge in [-0.2, -0.15) is 5.10 Å². The van der Waals surface area contributed by atoms with E-state index in [2.05, 4.69) is 15.7 Å². The molecule has 0 atom stereocenters. The molecule has 10 heteroatoms. The van der Waals surface area contributed by atoms with Crippen LogP contribution in [0, 0.1) is 10.1 Å². The second-order valence-corrected chi connectivity index (χ2v) is 6.74. The molecule has 2 aromatic carbocycles. The minimum Gasteiger partial charge on any atom is -0.332 e. The van der Waals surface area contributed by atoms with Gasteiger partial charge in [-0.3, -0.25) is 14.8 Å². The lowest BCUT2D eigenvalue weighted by atomic mass is 10.2. The van der Waals surface area contributed by atoms with E-state index in [1.165, 1.54) is 12.1 Å². The zero-order chi connectivity index (χ0) is 19.4. The maximum Gasteiger partial charge on any atom is 0.271 e. The molecule has 27 heavy (non-hydrogen) atoms. The lowest BCUT2D eigenvalue weighted by molar-refractivity contribution is -0.384. The van der Waals surface area contributed by atoms with Gasteiger partial charge in [-0.05, 0) is 30.4 Å². The van der Waals surface area contributed by atoms with Gasteiger partial charge in [0.05, 0.1) is 23.4 Å². The molecule has 0 radical (unpaired) electrons. The smallest absolute Gasteiger partial charge is 0.271 e. The Labute approximate surface area is 170 Å². The maximum atomic E-state index is 10.8. The number of aromatic nitrogens is 2. The van der Waals surface area contributed by atoms with Crippen molar-refractivity contribution in [3.8, 4) is 0 Å². The number of nitro benzene ring substituents is 1. The number of hydrogen-bond donors (Lipinski definition) is 2. The molecule has 138 valence electrons. The van der Waals surface area contributed by atoms with Crippen molar-refractivity contribution in [2.24, 2.45) is 0 Å². The molecule has 2 N–H and O–H groups in total. The van der Waals surface area contributed by atoms with Crippen LogP contribution in [0.4, 0.5) is 17.1 Å². The summed E-state index contributed by atoms with van der Waals surface area (Å²) in [5, 5.41) is 22.4. The third-order valence-corrected chi connectivity index (χ3v) is 4.50. The van der Waals surface area contributed by atoms with Crippen molar-refractivity contribution in [2.75, 3.05) is 10.6 Å². The maximum absolute atomic E-state index is 10.8. The molecule has 0 aliphatic carbocycles. The van der Waals surface area contributed by atoms with Gasteiger partial charge in [-0.25, -0.2) is 0 Å². The third kappa shape index (κ3) is 4.94. The van der Waals surface area contributed by atoms with Crippen LogP contribution >= 0.6 is 35.4 Å². The molecule has 7 nitrogen and oxygen atoms in total. The fraction of sp³-hybridized carbons (Fsp3) is 0.0588. The summed E-state index contributed by atoms with van der Waals surface area (Å²) < 4.78 is 1.67. The van der Waals surface area contributed by atoms with Crippen molar-refractivity contribution in [1.29, 1.82) is 0 Å². The summed E-state index contributed by atoms with van der Waals surface area (Å²) in [6.07, 6.45) is 3.35. The molecule has 0 fully saturated rings. The Hall–Kier alpha value is -2.68. The van der Waals surface area contributed by atoms with Crippen LogP contribution < -0.4 is 10.6 Å². The molecule has 0 aliphatic rings. The van der Waals surface area contributed by atoms with Crippen LogP contribution in [-0.4, -0.2) is 19.8 Å². The quantitative estimate of drug-likeness (QED) is 0.344. The standard InChI is InChI=1S/C17H13Cl2N5O2S/c18-15-5-2-6-16(19)14(15)10-23-9-12(8-20-23)22-17(27)21-11-3-1-4-13(7-11)24(25)26/h1-9H,10H2,(H2,21,22,27). The lowest BCUT2D eigenvalue weighted by Gasteiger charge is -2.09. The monoisotopic (exact) mass is 421 g/mol. The number of nitrogens with zero attached hydrogens (tertiary/aromatic N) is 3. The molecule has 3 rings (SSSR count). The fourth-order valence-electron chi connectivity index (χ4n) is 2.35. The number of non-ortho nitro benzene ring substituents is 1. The Balaban J connectivity index is 1.64. The number of anilines is 2. The number of benzene rings is 2. The molecule has 1 heterocycles. The first kappa shape index (κ1) is 19.1. The minimum absolute atomic E-state index is 0.0211. The molecule has 1 aromatic heterocycles. The second kappa shape index (κ2) is 8.34. The molecule has 0 aliphatic heterocycles. The minimum atomic E-state index is -0.467. The van der Waals surface area contributed by atoms with Gasteiger partial charge in [0, 0.05) is 39.6 Å². The number of nitrogens with one attached hydrogen (secondary N) is 2. The highest BCUT2D eigenvalue weighted by Crippen LogP contribution is 2.25. The van der Waals surface area contributed by atoms with E-state index in [-0.39, 0.29) is 10.8 Å². The summed E-state index contributed by atoms with van der Waals surface area (Å²) in [4.78, 5) is 10.4. The summed E-state index contributed by atoms with van der Waals surface area (Å²) >= 11 is 17.6. The number of thiocarbonyl (C=S) groups is 1. The van der Waals surface area contributed by atoms with Crippen molar-refractivity contribution in [1.82, 2.24) is 9.78 Å². The average molecular weight is 422 g/mol. The Morgan fingerprint density at radius 1 is 1.15 bits per heavy atom. The van der Waals surface area contributed by atoms with Gasteiger partial charge in [-0.1, -0.05) is 35.3 Å². The first-order valence-corrected chi connectivity index (χ1v) is 8.86. The van der Waals surface area contributed by atoms with E-state index in [0.717, 1.165) is 5.56 Å². The van der Waals surface area contributed by atoms with Crippen LogP contribution in [0.25, 0.3) is 0 Å². The largest absolute Gasteiger partial charge is 0.332 e. The Bertz CT molecular complexity index is 988. The average Bonchev–Trinajstić information content (AvgIpc) is 3.05. The summed E-state index contributed by atoms with van der Waals surface area (Å²) in [5.74, 6) is 0. The molecule has 3 aromatic rings. The van der Waals surface area contributed by atoms with Crippen LogP contribution in [0.15, 0.2) is 54.9 Å². The summed E-state index contributed by atoms with van der Waals surface area (Å²) in [5.41, 5.74) is 1.91. The van der Waals surface area contributed by atoms with Gasteiger partial charge in [0.15, 0.2) is 5.11 Å². The SMILES string of the molecule is O=[N+]([O-])c1cccc(NC(=S)Nc2cnn(Cc3c(Cl)cccc3Cl)c2)c1. The van der Waals surface area contributed by atoms with Crippen molar-refractivity contribution in [3.05, 3.63) is 80.6 Å². The molecule has 0 unspecified atom stereocenters. The second-order valence-electron chi connectivity index (χ2n) is 5.51. The highest BCUT2D eigenvalue weighted by atomic mass is 35.5. The first-order chi connectivity index (χ1) is 12.9. The number of rotatable bonds is 5. The van der Waals surface area contributed by atoms with Crippen LogP contribution in [0.1, 0.15) is 5.56 Å². The predicted molar refractivity (Wildman–Crippen MR) is 111 cm³/mol.